The van der Waals surface area contributed by atoms with Crippen molar-refractivity contribution in [3.63, 3.8) is 0 Å². The van der Waals surface area contributed by atoms with E-state index in [-0.39, 0.29) is 0 Å². The van der Waals surface area contributed by atoms with Crippen LogP contribution in [0.5, 0.6) is 0 Å². The molecule has 7 heteroatoms. The van der Waals surface area contributed by atoms with Gasteiger partial charge in [-0.15, -0.1) is 0 Å². The topological polar surface area (TPSA) is 29.5 Å². The molecule has 2 nitrogen and oxygen atoms in total. The quantitative estimate of drug-likeness (QED) is 0.720. The van der Waals surface area contributed by atoms with Gasteiger partial charge in [0.25, 0.3) is 0 Å². The van der Waals surface area contributed by atoms with Crippen molar-refractivity contribution in [3.8, 4) is 0 Å². The van der Waals surface area contributed by atoms with Gasteiger partial charge in [-0.1, -0.05) is 0 Å². The van der Waals surface area contributed by atoms with Crippen molar-refractivity contribution in [3.05, 3.63) is 0 Å². The third kappa shape index (κ3) is 6.68. The minimum Gasteiger partial charge on any atom is -0.389 e. The first-order valence-electron chi connectivity index (χ1n) is 2.46. The van der Waals surface area contributed by atoms with Gasteiger partial charge in [0.2, 0.25) is 0 Å². The second-order valence-corrected chi connectivity index (χ2v) is 2.82. The van der Waals surface area contributed by atoms with E-state index in [4.69, 9.17) is 16.7 Å². The average Bonchev–Trinajstić information content (AvgIpc) is 1.83. The van der Waals surface area contributed by atoms with Crippen LogP contribution in [0.3, 0.4) is 0 Å². The minimum atomic E-state index is -3.68. The molecule has 0 aliphatic rings. The van der Waals surface area contributed by atoms with Crippen molar-refractivity contribution in [2.75, 3.05) is 13.2 Å². The van der Waals surface area contributed by atoms with Crippen LogP contribution in [0.1, 0.15) is 0 Å². The first-order chi connectivity index (χ1) is 4.77. The number of ether oxygens (including phenoxy) is 1. The molecule has 0 bridgehead atoms. The number of hydrogen-bond acceptors (Lipinski definition) is 2. The monoisotopic (exact) mass is 212 g/mol. The predicted molar refractivity (Wildman–Crippen MR) is 33.5 cm³/mol. The lowest BCUT2D eigenvalue weighted by Crippen LogP contribution is -2.29. The van der Waals surface area contributed by atoms with Gasteiger partial charge >= 0.3 is 10.7 Å². The highest BCUT2D eigenvalue weighted by Gasteiger charge is 2.33. The summed E-state index contributed by atoms with van der Waals surface area (Å²) in [5, 5.41) is 1.40. The number of rotatable bonds is 4. The summed E-state index contributed by atoms with van der Waals surface area (Å²) in [7, 11) is 0. The van der Waals surface area contributed by atoms with Crippen LogP contribution in [0.15, 0.2) is 0 Å². The van der Waals surface area contributed by atoms with Crippen LogP contribution >= 0.6 is 23.2 Å². The molecule has 0 aromatic rings. The molecule has 0 fully saturated rings. The maximum Gasteiger partial charge on any atom is 0.344 e. The number of hydrogen-bond donors (Lipinski definition) is 1. The SMILES string of the molecule is OCC(F)(Cl)OCC(F)(F)Cl. The molecule has 0 saturated heterocycles. The van der Waals surface area contributed by atoms with Crippen LogP contribution in [0, 0.1) is 0 Å². The number of alkyl halides is 5. The van der Waals surface area contributed by atoms with Crippen LogP contribution in [0.25, 0.3) is 0 Å². The second kappa shape index (κ2) is 3.80. The first-order valence-corrected chi connectivity index (χ1v) is 3.22. The van der Waals surface area contributed by atoms with E-state index in [1.165, 1.54) is 0 Å². The van der Waals surface area contributed by atoms with Crippen molar-refractivity contribution >= 4 is 23.2 Å². The Bertz CT molecular complexity index is 125. The van der Waals surface area contributed by atoms with Gasteiger partial charge in [-0.2, -0.15) is 13.2 Å². The molecule has 0 heterocycles. The lowest BCUT2D eigenvalue weighted by Gasteiger charge is -2.17. The molecule has 0 aromatic heterocycles. The van der Waals surface area contributed by atoms with Crippen molar-refractivity contribution < 1.29 is 23.0 Å². The van der Waals surface area contributed by atoms with Crippen molar-refractivity contribution in [1.82, 2.24) is 0 Å². The molecule has 0 saturated carbocycles. The molecule has 0 amide bonds. The van der Waals surface area contributed by atoms with Crippen LogP contribution in [-0.4, -0.2) is 29.0 Å². The van der Waals surface area contributed by atoms with Crippen molar-refractivity contribution in [2.24, 2.45) is 0 Å². The van der Waals surface area contributed by atoms with Gasteiger partial charge in [0.05, 0.1) is 0 Å². The van der Waals surface area contributed by atoms with E-state index in [1.807, 2.05) is 0 Å². The highest BCUT2D eigenvalue weighted by atomic mass is 35.5. The molecular formula is C4H5Cl2F3O2. The summed E-state index contributed by atoms with van der Waals surface area (Å²) in [5.74, 6) is 0. The van der Waals surface area contributed by atoms with Gasteiger partial charge in [0, 0.05) is 0 Å². The fourth-order valence-corrected chi connectivity index (χ4v) is 0.342. The molecule has 0 radical (unpaired) electrons. The standard InChI is InChI=1S/C4H5Cl2F3O2/c5-3(7,8)2-11-4(6,9)1-10/h10H,1-2H2. The Morgan fingerprint density at radius 1 is 1.27 bits per heavy atom. The molecule has 0 aliphatic carbocycles. The summed E-state index contributed by atoms with van der Waals surface area (Å²) in [6, 6.07) is 0. The lowest BCUT2D eigenvalue weighted by atomic mass is 10.7. The summed E-state index contributed by atoms with van der Waals surface area (Å²) in [5.41, 5.74) is 0. The molecule has 0 spiro atoms. The van der Waals surface area contributed by atoms with Gasteiger partial charge < -0.3 is 9.84 Å². The summed E-state index contributed by atoms with van der Waals surface area (Å²) < 4.78 is 39.4. The van der Waals surface area contributed by atoms with Crippen LogP contribution in [0.2, 0.25) is 0 Å². The summed E-state index contributed by atoms with van der Waals surface area (Å²) in [6.07, 6.45) is 0. The molecule has 0 aliphatic heterocycles. The van der Waals surface area contributed by atoms with E-state index in [1.54, 1.807) is 0 Å². The molecule has 1 atom stereocenters. The first kappa shape index (κ1) is 11.3. The predicted octanol–water partition coefficient (Wildman–Crippen LogP) is 1.69. The molecular weight excluding hydrogens is 208 g/mol. The smallest absolute Gasteiger partial charge is 0.344 e. The fourth-order valence-electron chi connectivity index (χ4n) is 0.233. The van der Waals surface area contributed by atoms with Gasteiger partial charge in [-0.25, -0.2) is 0 Å². The Balaban J connectivity index is 3.70. The van der Waals surface area contributed by atoms with Gasteiger partial charge in [-0.05, 0) is 23.2 Å². The molecule has 0 aromatic carbocycles. The van der Waals surface area contributed by atoms with Gasteiger partial charge in [0.15, 0.2) is 0 Å². The van der Waals surface area contributed by atoms with E-state index < -0.39 is 23.9 Å². The van der Waals surface area contributed by atoms with E-state index in [0.29, 0.717) is 0 Å². The number of aliphatic hydroxyl groups is 1. The Kier molecular flexibility index (Phi) is 3.90. The van der Waals surface area contributed by atoms with Crippen molar-refractivity contribution in [2.45, 2.75) is 10.7 Å². The minimum absolute atomic E-state index is 1.22. The summed E-state index contributed by atoms with van der Waals surface area (Å²) in [6.45, 7) is -2.61. The molecule has 11 heavy (non-hydrogen) atoms. The fraction of sp³-hybridized carbons (Fsp3) is 1.00. The molecule has 1 N–H and O–H groups in total. The normalized spacial score (nSPS) is 18.0. The highest BCUT2D eigenvalue weighted by molar-refractivity contribution is 6.22. The zero-order valence-corrected chi connectivity index (χ0v) is 6.67. The summed E-state index contributed by atoms with van der Waals surface area (Å²) >= 11 is 9.03. The third-order valence-electron chi connectivity index (χ3n) is 0.631. The van der Waals surface area contributed by atoms with E-state index >= 15 is 0 Å². The Morgan fingerprint density at radius 2 is 1.73 bits per heavy atom. The molecule has 0 rings (SSSR count). The Hall–Kier alpha value is 0.290. The van der Waals surface area contributed by atoms with Crippen LogP contribution < -0.4 is 0 Å². The van der Waals surface area contributed by atoms with Gasteiger partial charge in [0.1, 0.15) is 13.2 Å². The molecule has 1 unspecified atom stereocenters. The average molecular weight is 213 g/mol. The maximum atomic E-state index is 12.3. The lowest BCUT2D eigenvalue weighted by molar-refractivity contribution is -0.143. The number of aliphatic hydroxyl groups excluding tert-OH is 1. The van der Waals surface area contributed by atoms with E-state index in [2.05, 4.69) is 16.3 Å². The third-order valence-corrected chi connectivity index (χ3v) is 0.969. The Labute approximate surface area is 70.8 Å². The highest BCUT2D eigenvalue weighted by Crippen LogP contribution is 2.25. The maximum absolute atomic E-state index is 12.3. The number of halogens is 5. The van der Waals surface area contributed by atoms with Gasteiger partial charge in [-0.3, -0.25) is 0 Å². The largest absolute Gasteiger partial charge is 0.389 e. The van der Waals surface area contributed by atoms with E-state index in [0.717, 1.165) is 0 Å². The molecule has 68 valence electrons. The zero-order valence-electron chi connectivity index (χ0n) is 5.16. The Morgan fingerprint density at radius 3 is 2.00 bits per heavy atom. The van der Waals surface area contributed by atoms with Crippen LogP contribution in [0.4, 0.5) is 13.2 Å². The summed E-state index contributed by atoms with van der Waals surface area (Å²) in [4.78, 5) is 0. The second-order valence-electron chi connectivity index (χ2n) is 1.70. The van der Waals surface area contributed by atoms with Crippen molar-refractivity contribution in [1.29, 1.82) is 0 Å². The zero-order chi connectivity index (χ0) is 9.12. The van der Waals surface area contributed by atoms with E-state index in [9.17, 15) is 13.2 Å². The van der Waals surface area contributed by atoms with Crippen LogP contribution in [-0.2, 0) is 4.74 Å².